The second-order valence-corrected chi connectivity index (χ2v) is 7.95. The summed E-state index contributed by atoms with van der Waals surface area (Å²) in [4.78, 5) is 38.6. The third-order valence-electron chi connectivity index (χ3n) is 4.95. The Morgan fingerprint density at radius 1 is 1.10 bits per heavy atom. The van der Waals surface area contributed by atoms with Crippen LogP contribution in [0.3, 0.4) is 0 Å². The summed E-state index contributed by atoms with van der Waals surface area (Å²) >= 11 is 1.32. The Kier molecular flexibility index (Phi) is 4.68. The highest BCUT2D eigenvalue weighted by Crippen LogP contribution is 2.38. The maximum Gasteiger partial charge on any atom is 0.262 e. The van der Waals surface area contributed by atoms with Gasteiger partial charge in [-0.3, -0.25) is 14.9 Å². The molecule has 0 aliphatic carbocycles. The second kappa shape index (κ2) is 7.66. The number of nitrogens with zero attached hydrogens (tertiary/aromatic N) is 3. The number of carbonyl (C=O) groups is 1. The molecule has 0 aliphatic heterocycles. The Labute approximate surface area is 181 Å². The lowest BCUT2D eigenvalue weighted by Crippen LogP contribution is -2.21. The third-order valence-corrected chi connectivity index (χ3v) is 5.92. The van der Waals surface area contributed by atoms with E-state index in [1.54, 1.807) is 24.4 Å². The van der Waals surface area contributed by atoms with Crippen LogP contribution in [-0.4, -0.2) is 25.4 Å². The minimum atomic E-state index is -0.508. The highest BCUT2D eigenvalue weighted by atomic mass is 32.1. The van der Waals surface area contributed by atoms with Crippen molar-refractivity contribution in [1.29, 1.82) is 0 Å². The molecule has 0 fully saturated rings. The molecule has 1 amide bonds. The fourth-order valence-electron chi connectivity index (χ4n) is 3.40. The average molecular weight is 427 g/mol. The summed E-state index contributed by atoms with van der Waals surface area (Å²) in [5, 5.41) is 3.65. The lowest BCUT2D eigenvalue weighted by atomic mass is 10.1. The number of thiazole rings is 1. The van der Waals surface area contributed by atoms with Crippen LogP contribution in [0, 0.1) is 0 Å². The minimum Gasteiger partial charge on any atom is -0.360 e. The fourth-order valence-corrected chi connectivity index (χ4v) is 4.42. The first-order chi connectivity index (χ1) is 15.1. The molecule has 7 nitrogen and oxygen atoms in total. The molecule has 2 N–H and O–H groups in total. The summed E-state index contributed by atoms with van der Waals surface area (Å²) in [5.74, 6) is 0.243. The molecule has 2 aromatic carbocycles. The van der Waals surface area contributed by atoms with Crippen LogP contribution >= 0.6 is 11.3 Å². The Morgan fingerprint density at radius 3 is 2.65 bits per heavy atom. The highest BCUT2D eigenvalue weighted by molar-refractivity contribution is 7.19. The molecule has 0 saturated carbocycles. The van der Waals surface area contributed by atoms with Crippen molar-refractivity contribution in [3.8, 4) is 22.0 Å². The maximum absolute atomic E-state index is 12.9. The van der Waals surface area contributed by atoms with E-state index < -0.39 is 5.91 Å². The van der Waals surface area contributed by atoms with E-state index in [4.69, 9.17) is 0 Å². The van der Waals surface area contributed by atoms with E-state index in [0.717, 1.165) is 22.0 Å². The molecule has 31 heavy (non-hydrogen) atoms. The first-order valence-electron chi connectivity index (χ1n) is 9.57. The first-order valence-corrected chi connectivity index (χ1v) is 10.4. The predicted molar refractivity (Wildman–Crippen MR) is 122 cm³/mol. The van der Waals surface area contributed by atoms with E-state index in [1.807, 2.05) is 54.2 Å². The van der Waals surface area contributed by atoms with Gasteiger partial charge in [0.05, 0.1) is 10.6 Å². The van der Waals surface area contributed by atoms with Gasteiger partial charge in [0.15, 0.2) is 11.0 Å². The molecule has 0 atom stereocenters. The topological polar surface area (TPSA) is 92.7 Å². The number of hydrogen-bond acceptors (Lipinski definition) is 5. The number of carbonyl (C=O) groups excluding carboxylic acids is 1. The molecule has 5 aromatic rings. The molecule has 0 spiro atoms. The summed E-state index contributed by atoms with van der Waals surface area (Å²) in [5.41, 5.74) is 2.04. The lowest BCUT2D eigenvalue weighted by Gasteiger charge is -2.03. The Balaban J connectivity index is 1.55. The molecular weight excluding hydrogens is 410 g/mol. The SMILES string of the molecule is Cn1ccnc1-c1sc(NC(=O)c2c[nH]c3ccccc3c2=O)nc1-c1ccccc1. The number of H-pyrrole nitrogens is 1. The van der Waals surface area contributed by atoms with Gasteiger partial charge in [-0.25, -0.2) is 9.97 Å². The van der Waals surface area contributed by atoms with E-state index in [0.29, 0.717) is 16.0 Å². The van der Waals surface area contributed by atoms with Crippen molar-refractivity contribution in [2.24, 2.45) is 7.05 Å². The van der Waals surface area contributed by atoms with Crippen LogP contribution in [0.15, 0.2) is 78.0 Å². The van der Waals surface area contributed by atoms with Gasteiger partial charge in [0, 0.05) is 42.1 Å². The molecule has 0 bridgehead atoms. The Morgan fingerprint density at radius 2 is 1.87 bits per heavy atom. The van der Waals surface area contributed by atoms with E-state index in [2.05, 4.69) is 20.3 Å². The zero-order valence-corrected chi connectivity index (χ0v) is 17.3. The fraction of sp³-hybridized carbons (Fsp3) is 0.0435. The molecule has 0 unspecified atom stereocenters. The van der Waals surface area contributed by atoms with Crippen LogP contribution in [-0.2, 0) is 7.05 Å². The molecule has 0 radical (unpaired) electrons. The summed E-state index contributed by atoms with van der Waals surface area (Å²) in [6.07, 6.45) is 5.01. The monoisotopic (exact) mass is 427 g/mol. The molecule has 5 rings (SSSR count). The van der Waals surface area contributed by atoms with Crippen LogP contribution < -0.4 is 10.7 Å². The number of anilines is 1. The van der Waals surface area contributed by atoms with Gasteiger partial charge in [-0.1, -0.05) is 53.8 Å². The minimum absolute atomic E-state index is 0.0358. The average Bonchev–Trinajstić information content (AvgIpc) is 3.40. The molecular formula is C23H17N5O2S. The van der Waals surface area contributed by atoms with E-state index in [-0.39, 0.29) is 11.0 Å². The quantitative estimate of drug-likeness (QED) is 0.447. The van der Waals surface area contributed by atoms with Gasteiger partial charge in [0.2, 0.25) is 5.43 Å². The zero-order valence-electron chi connectivity index (χ0n) is 16.5. The second-order valence-electron chi connectivity index (χ2n) is 6.96. The maximum atomic E-state index is 12.9. The number of benzene rings is 2. The van der Waals surface area contributed by atoms with Crippen molar-refractivity contribution >= 4 is 33.3 Å². The van der Waals surface area contributed by atoms with Gasteiger partial charge in [-0.2, -0.15) is 0 Å². The number of aromatic amines is 1. The summed E-state index contributed by atoms with van der Waals surface area (Å²) in [7, 11) is 1.91. The standard InChI is InChI=1S/C23H17N5O2S/c1-28-12-11-24-21(28)20-18(14-7-3-2-4-8-14)26-23(31-20)27-22(30)16-13-25-17-10-6-5-9-15(17)19(16)29/h2-13H,1H3,(H,25,29)(H,26,27,30). The van der Waals surface area contributed by atoms with Gasteiger partial charge >= 0.3 is 0 Å². The predicted octanol–water partition coefficient (Wildman–Crippen LogP) is 4.30. The van der Waals surface area contributed by atoms with E-state index in [9.17, 15) is 9.59 Å². The summed E-state index contributed by atoms with van der Waals surface area (Å²) in [6.45, 7) is 0. The van der Waals surface area contributed by atoms with Crippen molar-refractivity contribution < 1.29 is 4.79 Å². The Hall–Kier alpha value is -4.04. The van der Waals surface area contributed by atoms with Crippen molar-refractivity contribution in [2.45, 2.75) is 0 Å². The van der Waals surface area contributed by atoms with Gasteiger partial charge in [0.1, 0.15) is 5.56 Å². The number of fused-ring (bicyclic) bond motifs is 1. The van der Waals surface area contributed by atoms with Gasteiger partial charge in [0.25, 0.3) is 5.91 Å². The number of hydrogen-bond donors (Lipinski definition) is 2. The molecule has 0 aliphatic rings. The van der Waals surface area contributed by atoms with Gasteiger partial charge < -0.3 is 9.55 Å². The number of imidazole rings is 1. The Bertz CT molecular complexity index is 1470. The number of amides is 1. The number of aromatic nitrogens is 4. The van der Waals surface area contributed by atoms with Crippen molar-refractivity contribution in [3.05, 3.63) is 89.0 Å². The van der Waals surface area contributed by atoms with Crippen molar-refractivity contribution in [3.63, 3.8) is 0 Å². The number of pyridine rings is 1. The van der Waals surface area contributed by atoms with Crippen molar-refractivity contribution in [1.82, 2.24) is 19.5 Å². The molecule has 3 aromatic heterocycles. The molecule has 3 heterocycles. The van der Waals surface area contributed by atoms with Gasteiger partial charge in [-0.05, 0) is 12.1 Å². The van der Waals surface area contributed by atoms with Crippen LogP contribution in [0.25, 0.3) is 32.9 Å². The van der Waals surface area contributed by atoms with E-state index >= 15 is 0 Å². The smallest absolute Gasteiger partial charge is 0.262 e. The van der Waals surface area contributed by atoms with E-state index in [1.165, 1.54) is 17.5 Å². The van der Waals surface area contributed by atoms with Crippen LogP contribution in [0.2, 0.25) is 0 Å². The molecule has 8 heteroatoms. The molecule has 0 saturated heterocycles. The van der Waals surface area contributed by atoms with Crippen molar-refractivity contribution in [2.75, 3.05) is 5.32 Å². The first kappa shape index (κ1) is 19.0. The third kappa shape index (κ3) is 3.43. The number of nitrogens with one attached hydrogen (secondary N) is 2. The summed E-state index contributed by atoms with van der Waals surface area (Å²) in [6, 6.07) is 16.8. The van der Waals surface area contributed by atoms with Crippen LogP contribution in [0.1, 0.15) is 10.4 Å². The lowest BCUT2D eigenvalue weighted by molar-refractivity contribution is 0.102. The molecule has 152 valence electrons. The number of para-hydroxylation sites is 1. The largest absolute Gasteiger partial charge is 0.360 e. The van der Waals surface area contributed by atoms with Crippen LogP contribution in [0.4, 0.5) is 5.13 Å². The normalized spacial score (nSPS) is 11.0. The highest BCUT2D eigenvalue weighted by Gasteiger charge is 2.20. The number of rotatable bonds is 4. The zero-order chi connectivity index (χ0) is 21.4. The van der Waals surface area contributed by atoms with Gasteiger partial charge in [-0.15, -0.1) is 0 Å². The summed E-state index contributed by atoms with van der Waals surface area (Å²) < 4.78 is 1.90. The number of aryl methyl sites for hydroxylation is 1. The van der Waals surface area contributed by atoms with Crippen LogP contribution in [0.5, 0.6) is 0 Å².